The molecule has 19 heavy (non-hydrogen) atoms. The van der Waals surface area contributed by atoms with Crippen molar-refractivity contribution in [2.75, 3.05) is 6.61 Å². The Labute approximate surface area is 118 Å². The Morgan fingerprint density at radius 1 is 1.32 bits per heavy atom. The van der Waals surface area contributed by atoms with Gasteiger partial charge in [0.15, 0.2) is 0 Å². The van der Waals surface area contributed by atoms with Gasteiger partial charge in [-0.2, -0.15) is 0 Å². The Kier molecular flexibility index (Phi) is 4.93. The summed E-state index contributed by atoms with van der Waals surface area (Å²) >= 11 is 1.77. The van der Waals surface area contributed by atoms with Crippen LogP contribution in [0.5, 0.6) is 5.75 Å². The van der Waals surface area contributed by atoms with E-state index in [-0.39, 0.29) is 6.04 Å². The number of ether oxygens (including phenoxy) is 1. The van der Waals surface area contributed by atoms with E-state index in [0.717, 1.165) is 24.2 Å². The fourth-order valence-electron chi connectivity index (χ4n) is 1.82. The molecule has 0 aromatic carbocycles. The third kappa shape index (κ3) is 3.55. The van der Waals surface area contributed by atoms with Crippen LogP contribution in [-0.2, 0) is 6.42 Å². The normalized spacial score (nSPS) is 12.4. The lowest BCUT2D eigenvalue weighted by molar-refractivity contribution is 0.315. The van der Waals surface area contributed by atoms with Crippen LogP contribution in [0.15, 0.2) is 30.6 Å². The van der Waals surface area contributed by atoms with Crippen molar-refractivity contribution in [3.8, 4) is 5.75 Å². The fourth-order valence-corrected chi connectivity index (χ4v) is 2.80. The van der Waals surface area contributed by atoms with E-state index in [4.69, 9.17) is 10.5 Å². The molecule has 2 N–H and O–H groups in total. The summed E-state index contributed by atoms with van der Waals surface area (Å²) in [5.74, 6) is 0.794. The molecule has 4 heteroatoms. The van der Waals surface area contributed by atoms with Gasteiger partial charge >= 0.3 is 0 Å². The van der Waals surface area contributed by atoms with E-state index in [1.54, 1.807) is 17.5 Å². The third-order valence-corrected chi connectivity index (χ3v) is 4.22. The lowest BCUT2D eigenvalue weighted by atomic mass is 10.1. The largest absolute Gasteiger partial charge is 0.492 e. The molecule has 0 aliphatic carbocycles. The van der Waals surface area contributed by atoms with Crippen LogP contribution in [0, 0.1) is 0 Å². The van der Waals surface area contributed by atoms with E-state index >= 15 is 0 Å². The molecule has 3 nitrogen and oxygen atoms in total. The molecule has 2 rings (SSSR count). The van der Waals surface area contributed by atoms with E-state index in [1.807, 2.05) is 12.3 Å². The van der Waals surface area contributed by atoms with E-state index in [9.17, 15) is 0 Å². The van der Waals surface area contributed by atoms with Gasteiger partial charge in [-0.25, -0.2) is 0 Å². The molecule has 0 saturated carbocycles. The summed E-state index contributed by atoms with van der Waals surface area (Å²) in [6, 6.07) is 6.11. The van der Waals surface area contributed by atoms with Gasteiger partial charge in [0.05, 0.1) is 18.8 Å². The Hall–Kier alpha value is -1.39. The van der Waals surface area contributed by atoms with Crippen molar-refractivity contribution in [1.82, 2.24) is 4.98 Å². The average Bonchev–Trinajstić information content (AvgIpc) is 2.93. The molecular formula is C15H20N2OS. The minimum absolute atomic E-state index is 0.122. The summed E-state index contributed by atoms with van der Waals surface area (Å²) in [4.78, 5) is 6.74. The summed E-state index contributed by atoms with van der Waals surface area (Å²) < 4.78 is 5.59. The molecule has 0 amide bonds. The minimum atomic E-state index is -0.122. The van der Waals surface area contributed by atoms with Crippen LogP contribution < -0.4 is 10.5 Å². The Bertz CT molecular complexity index is 524. The zero-order chi connectivity index (χ0) is 13.7. The summed E-state index contributed by atoms with van der Waals surface area (Å²) in [6.07, 6.45) is 5.59. The number of rotatable bonds is 6. The molecule has 1 atom stereocenters. The zero-order valence-corrected chi connectivity index (χ0v) is 12.2. The van der Waals surface area contributed by atoms with Crippen molar-refractivity contribution < 1.29 is 4.74 Å². The van der Waals surface area contributed by atoms with Gasteiger partial charge in [-0.1, -0.05) is 13.8 Å². The van der Waals surface area contributed by atoms with Gasteiger partial charge in [-0.15, -0.1) is 11.3 Å². The van der Waals surface area contributed by atoms with Gasteiger partial charge in [0.2, 0.25) is 0 Å². The third-order valence-electron chi connectivity index (χ3n) is 2.90. The van der Waals surface area contributed by atoms with Crippen molar-refractivity contribution in [2.45, 2.75) is 32.7 Å². The number of nitrogens with zero attached hydrogens (tertiary/aromatic N) is 1. The second kappa shape index (κ2) is 6.68. The smallest absolute Gasteiger partial charge is 0.137 e. The Morgan fingerprint density at radius 2 is 2.16 bits per heavy atom. The molecule has 1 unspecified atom stereocenters. The standard InChI is InChI=1S/C15H20N2OS/c1-3-7-18-12-8-11(9-17-10-12)15(16)14-6-5-13(4-2)19-14/h5-6,8-10,15H,3-4,7,16H2,1-2H3. The molecule has 0 bridgehead atoms. The van der Waals surface area contributed by atoms with E-state index in [2.05, 4.69) is 31.0 Å². The summed E-state index contributed by atoms with van der Waals surface area (Å²) in [5, 5.41) is 0. The van der Waals surface area contributed by atoms with E-state index in [0.29, 0.717) is 6.61 Å². The predicted octanol–water partition coefficient (Wildman–Crippen LogP) is 3.54. The van der Waals surface area contributed by atoms with Gasteiger partial charge in [-0.3, -0.25) is 4.98 Å². The van der Waals surface area contributed by atoms with Crippen molar-refractivity contribution in [1.29, 1.82) is 0 Å². The monoisotopic (exact) mass is 276 g/mol. The number of thiophene rings is 1. The Morgan fingerprint density at radius 3 is 2.84 bits per heavy atom. The first-order chi connectivity index (χ1) is 9.24. The molecule has 102 valence electrons. The van der Waals surface area contributed by atoms with Gasteiger partial charge in [-0.05, 0) is 36.6 Å². The maximum absolute atomic E-state index is 6.30. The molecule has 2 heterocycles. The molecular weight excluding hydrogens is 256 g/mol. The van der Waals surface area contributed by atoms with Crippen LogP contribution in [0.25, 0.3) is 0 Å². The highest BCUT2D eigenvalue weighted by Gasteiger charge is 2.12. The van der Waals surface area contributed by atoms with Crippen molar-refractivity contribution in [3.63, 3.8) is 0 Å². The van der Waals surface area contributed by atoms with Gasteiger partial charge < -0.3 is 10.5 Å². The van der Waals surface area contributed by atoms with Crippen LogP contribution in [0.4, 0.5) is 0 Å². The van der Waals surface area contributed by atoms with Gasteiger partial charge in [0.1, 0.15) is 5.75 Å². The van der Waals surface area contributed by atoms with Crippen LogP contribution in [0.2, 0.25) is 0 Å². The number of pyridine rings is 1. The van der Waals surface area contributed by atoms with Crippen LogP contribution in [-0.4, -0.2) is 11.6 Å². The quantitative estimate of drug-likeness (QED) is 0.878. The molecule has 2 aromatic heterocycles. The molecule has 0 aliphatic heterocycles. The van der Waals surface area contributed by atoms with Crippen molar-refractivity contribution in [2.24, 2.45) is 5.73 Å². The van der Waals surface area contributed by atoms with E-state index < -0.39 is 0 Å². The number of hydrogen-bond donors (Lipinski definition) is 1. The first-order valence-corrected chi connectivity index (χ1v) is 7.48. The van der Waals surface area contributed by atoms with Crippen LogP contribution >= 0.6 is 11.3 Å². The highest BCUT2D eigenvalue weighted by molar-refractivity contribution is 7.12. The van der Waals surface area contributed by atoms with Crippen molar-refractivity contribution >= 4 is 11.3 Å². The summed E-state index contributed by atoms with van der Waals surface area (Å²) in [5.41, 5.74) is 7.29. The number of aryl methyl sites for hydroxylation is 1. The molecule has 0 saturated heterocycles. The topological polar surface area (TPSA) is 48.1 Å². The second-order valence-corrected chi connectivity index (χ2v) is 5.64. The molecule has 0 spiro atoms. The first kappa shape index (κ1) is 14.0. The molecule has 2 aromatic rings. The lowest BCUT2D eigenvalue weighted by Gasteiger charge is -2.11. The molecule has 0 fully saturated rings. The number of aromatic nitrogens is 1. The second-order valence-electron chi connectivity index (χ2n) is 4.44. The fraction of sp³-hybridized carbons (Fsp3) is 0.400. The van der Waals surface area contributed by atoms with Crippen LogP contribution in [0.3, 0.4) is 0 Å². The molecule has 0 radical (unpaired) electrons. The summed E-state index contributed by atoms with van der Waals surface area (Å²) in [6.45, 7) is 4.95. The number of nitrogens with two attached hydrogens (primary N) is 1. The lowest BCUT2D eigenvalue weighted by Crippen LogP contribution is -2.10. The van der Waals surface area contributed by atoms with Crippen LogP contribution in [0.1, 0.15) is 41.6 Å². The SMILES string of the molecule is CCCOc1cncc(C(N)c2ccc(CC)s2)c1. The first-order valence-electron chi connectivity index (χ1n) is 6.66. The highest BCUT2D eigenvalue weighted by atomic mass is 32.1. The van der Waals surface area contributed by atoms with Gasteiger partial charge in [0.25, 0.3) is 0 Å². The predicted molar refractivity (Wildman–Crippen MR) is 79.8 cm³/mol. The maximum atomic E-state index is 6.30. The minimum Gasteiger partial charge on any atom is -0.492 e. The average molecular weight is 276 g/mol. The van der Waals surface area contributed by atoms with E-state index in [1.165, 1.54) is 9.75 Å². The highest BCUT2D eigenvalue weighted by Crippen LogP contribution is 2.28. The zero-order valence-electron chi connectivity index (χ0n) is 11.4. The van der Waals surface area contributed by atoms with Gasteiger partial charge in [0, 0.05) is 16.0 Å². The number of hydrogen-bond acceptors (Lipinski definition) is 4. The maximum Gasteiger partial charge on any atom is 0.137 e. The Balaban J connectivity index is 2.15. The van der Waals surface area contributed by atoms with Crippen molar-refractivity contribution in [3.05, 3.63) is 45.9 Å². The summed E-state index contributed by atoms with van der Waals surface area (Å²) in [7, 11) is 0. The molecule has 0 aliphatic rings.